The molecule has 0 bridgehead atoms. The summed E-state index contributed by atoms with van der Waals surface area (Å²) < 4.78 is 1.71. The minimum atomic E-state index is -1.04. The molecule has 21 heavy (non-hydrogen) atoms. The topological polar surface area (TPSA) is 71.2 Å². The molecule has 0 aliphatic carbocycles. The fraction of sp³-hybridized carbons (Fsp3) is 0.400. The number of rotatable bonds is 5. The third-order valence-electron chi connectivity index (χ3n) is 3.81. The van der Waals surface area contributed by atoms with Crippen LogP contribution in [0.4, 0.5) is 0 Å². The normalized spacial score (nSPS) is 15.4. The number of benzene rings is 1. The van der Waals surface area contributed by atoms with Gasteiger partial charge in [0.05, 0.1) is 6.54 Å². The van der Waals surface area contributed by atoms with E-state index in [1.54, 1.807) is 4.68 Å². The lowest BCUT2D eigenvalue weighted by Gasteiger charge is -2.15. The molecule has 1 aliphatic rings. The predicted octanol–water partition coefficient (Wildman–Crippen LogP) is 1.74. The summed E-state index contributed by atoms with van der Waals surface area (Å²) in [6.07, 6.45) is 2.48. The van der Waals surface area contributed by atoms with Crippen molar-refractivity contribution in [3.8, 4) is 11.3 Å². The summed E-state index contributed by atoms with van der Waals surface area (Å²) in [4.78, 5) is 13.7. The number of aromatic carboxylic acids is 1. The number of carboxylic acids is 1. The van der Waals surface area contributed by atoms with E-state index in [0.717, 1.165) is 25.2 Å². The van der Waals surface area contributed by atoms with E-state index in [0.29, 0.717) is 12.2 Å². The van der Waals surface area contributed by atoms with E-state index in [1.165, 1.54) is 12.8 Å². The van der Waals surface area contributed by atoms with E-state index in [1.807, 2.05) is 30.3 Å². The summed E-state index contributed by atoms with van der Waals surface area (Å²) in [5, 5.41) is 17.2. The van der Waals surface area contributed by atoms with Gasteiger partial charge in [-0.1, -0.05) is 35.5 Å². The lowest BCUT2D eigenvalue weighted by Crippen LogP contribution is -2.24. The number of aromatic nitrogens is 3. The highest BCUT2D eigenvalue weighted by Crippen LogP contribution is 2.22. The highest BCUT2D eigenvalue weighted by molar-refractivity contribution is 5.92. The first-order valence-electron chi connectivity index (χ1n) is 7.20. The van der Waals surface area contributed by atoms with Crippen molar-refractivity contribution >= 4 is 5.97 Å². The summed E-state index contributed by atoms with van der Waals surface area (Å²) in [7, 11) is 0. The number of nitrogens with zero attached hydrogens (tertiary/aromatic N) is 4. The van der Waals surface area contributed by atoms with Crippen LogP contribution < -0.4 is 0 Å². The van der Waals surface area contributed by atoms with E-state index < -0.39 is 5.97 Å². The average Bonchev–Trinajstić information content (AvgIpc) is 3.15. The number of carbonyl (C=O) groups is 1. The zero-order chi connectivity index (χ0) is 14.7. The molecule has 0 amide bonds. The Hall–Kier alpha value is -2.21. The average molecular weight is 286 g/mol. The molecule has 2 aromatic rings. The zero-order valence-corrected chi connectivity index (χ0v) is 11.8. The maximum absolute atomic E-state index is 11.3. The maximum atomic E-state index is 11.3. The lowest BCUT2D eigenvalue weighted by molar-refractivity contribution is 0.0691. The van der Waals surface area contributed by atoms with Gasteiger partial charge in [0.15, 0.2) is 5.69 Å². The van der Waals surface area contributed by atoms with Crippen LogP contribution in [-0.2, 0) is 6.54 Å². The maximum Gasteiger partial charge on any atom is 0.358 e. The first kappa shape index (κ1) is 13.8. The van der Waals surface area contributed by atoms with Gasteiger partial charge in [0.2, 0.25) is 0 Å². The van der Waals surface area contributed by atoms with Crippen molar-refractivity contribution in [3.05, 3.63) is 36.0 Å². The van der Waals surface area contributed by atoms with Gasteiger partial charge in [-0.25, -0.2) is 9.48 Å². The van der Waals surface area contributed by atoms with Crippen molar-refractivity contribution in [3.63, 3.8) is 0 Å². The summed E-state index contributed by atoms with van der Waals surface area (Å²) in [5.74, 6) is -1.04. The van der Waals surface area contributed by atoms with Gasteiger partial charge in [-0.15, -0.1) is 5.10 Å². The van der Waals surface area contributed by atoms with Crippen molar-refractivity contribution in [2.24, 2.45) is 0 Å². The van der Waals surface area contributed by atoms with Crippen molar-refractivity contribution in [1.29, 1.82) is 0 Å². The Morgan fingerprint density at radius 1 is 1.14 bits per heavy atom. The molecule has 6 nitrogen and oxygen atoms in total. The van der Waals surface area contributed by atoms with E-state index in [2.05, 4.69) is 15.2 Å². The standard InChI is InChI=1S/C15H18N4O2/c20-15(21)13-14(12-6-2-1-3-7-12)19(17-16-13)11-10-18-8-4-5-9-18/h1-3,6-7H,4-5,8-11H2,(H,20,21). The predicted molar refractivity (Wildman–Crippen MR) is 78.1 cm³/mol. The molecule has 2 heterocycles. The van der Waals surface area contributed by atoms with Crippen molar-refractivity contribution in [2.45, 2.75) is 19.4 Å². The Morgan fingerprint density at radius 2 is 1.86 bits per heavy atom. The molecule has 1 saturated heterocycles. The van der Waals surface area contributed by atoms with Crippen molar-refractivity contribution in [1.82, 2.24) is 19.9 Å². The number of likely N-dealkylation sites (tertiary alicyclic amines) is 1. The van der Waals surface area contributed by atoms with Crippen LogP contribution in [-0.4, -0.2) is 50.6 Å². The quantitative estimate of drug-likeness (QED) is 0.906. The molecule has 0 saturated carbocycles. The summed E-state index contributed by atoms with van der Waals surface area (Å²) in [6, 6.07) is 9.45. The second-order valence-corrected chi connectivity index (χ2v) is 5.23. The molecule has 1 aromatic carbocycles. The summed E-state index contributed by atoms with van der Waals surface area (Å²) in [6.45, 7) is 3.76. The Bertz CT molecular complexity index is 618. The summed E-state index contributed by atoms with van der Waals surface area (Å²) in [5.41, 5.74) is 1.44. The number of hydrogen-bond donors (Lipinski definition) is 1. The first-order chi connectivity index (χ1) is 10.3. The molecule has 0 atom stereocenters. The van der Waals surface area contributed by atoms with Gasteiger partial charge < -0.3 is 10.0 Å². The Morgan fingerprint density at radius 3 is 2.52 bits per heavy atom. The molecule has 110 valence electrons. The molecule has 1 aliphatic heterocycles. The molecule has 0 unspecified atom stereocenters. The van der Waals surface area contributed by atoms with Crippen molar-refractivity contribution < 1.29 is 9.90 Å². The summed E-state index contributed by atoms with van der Waals surface area (Å²) >= 11 is 0. The van der Waals surface area contributed by atoms with Crippen LogP contribution in [0.3, 0.4) is 0 Å². The second kappa shape index (κ2) is 6.05. The lowest BCUT2D eigenvalue weighted by atomic mass is 10.1. The fourth-order valence-corrected chi connectivity index (χ4v) is 2.74. The highest BCUT2D eigenvalue weighted by atomic mass is 16.4. The highest BCUT2D eigenvalue weighted by Gasteiger charge is 2.21. The SMILES string of the molecule is O=C(O)c1nnn(CCN2CCCC2)c1-c1ccccc1. The van der Waals surface area contributed by atoms with Gasteiger partial charge in [0.1, 0.15) is 5.69 Å². The van der Waals surface area contributed by atoms with Gasteiger partial charge in [0, 0.05) is 12.1 Å². The molecular weight excluding hydrogens is 268 g/mol. The fourth-order valence-electron chi connectivity index (χ4n) is 2.74. The Kier molecular flexibility index (Phi) is 3.96. The monoisotopic (exact) mass is 286 g/mol. The smallest absolute Gasteiger partial charge is 0.358 e. The molecule has 0 radical (unpaired) electrons. The van der Waals surface area contributed by atoms with Gasteiger partial charge >= 0.3 is 5.97 Å². The van der Waals surface area contributed by atoms with E-state index in [9.17, 15) is 9.90 Å². The molecule has 1 aromatic heterocycles. The minimum Gasteiger partial charge on any atom is -0.476 e. The van der Waals surface area contributed by atoms with Crippen molar-refractivity contribution in [2.75, 3.05) is 19.6 Å². The second-order valence-electron chi connectivity index (χ2n) is 5.23. The Labute approximate surface area is 123 Å². The van der Waals surface area contributed by atoms with Gasteiger partial charge in [0.25, 0.3) is 0 Å². The van der Waals surface area contributed by atoms with Crippen LogP contribution in [0.5, 0.6) is 0 Å². The van der Waals surface area contributed by atoms with E-state index in [4.69, 9.17) is 0 Å². The molecule has 6 heteroatoms. The largest absolute Gasteiger partial charge is 0.476 e. The van der Waals surface area contributed by atoms with Gasteiger partial charge in [-0.3, -0.25) is 0 Å². The third-order valence-corrected chi connectivity index (χ3v) is 3.81. The molecule has 1 fully saturated rings. The first-order valence-corrected chi connectivity index (χ1v) is 7.20. The van der Waals surface area contributed by atoms with Crippen LogP contribution in [0.15, 0.2) is 30.3 Å². The van der Waals surface area contributed by atoms with Gasteiger partial charge in [-0.2, -0.15) is 0 Å². The molecular formula is C15H18N4O2. The van der Waals surface area contributed by atoms with E-state index >= 15 is 0 Å². The van der Waals surface area contributed by atoms with Crippen LogP contribution in [0.1, 0.15) is 23.3 Å². The van der Waals surface area contributed by atoms with Gasteiger partial charge in [-0.05, 0) is 25.9 Å². The number of hydrogen-bond acceptors (Lipinski definition) is 4. The van der Waals surface area contributed by atoms with Crippen LogP contribution in [0, 0.1) is 0 Å². The molecule has 0 spiro atoms. The van der Waals surface area contributed by atoms with Crippen LogP contribution >= 0.6 is 0 Å². The third kappa shape index (κ3) is 2.95. The Balaban J connectivity index is 1.87. The number of carboxylic acid groups (broad SMARTS) is 1. The van der Waals surface area contributed by atoms with E-state index in [-0.39, 0.29) is 5.69 Å². The molecule has 1 N–H and O–H groups in total. The van der Waals surface area contributed by atoms with Crippen LogP contribution in [0.2, 0.25) is 0 Å². The zero-order valence-electron chi connectivity index (χ0n) is 11.8. The minimum absolute atomic E-state index is 0.0163. The molecule has 3 rings (SSSR count). The van der Waals surface area contributed by atoms with Crippen LogP contribution in [0.25, 0.3) is 11.3 Å².